The third kappa shape index (κ3) is 16.9. The minimum Gasteiger partial charge on any atom is -0.306 e. The minimum atomic E-state index is -3.34. The highest BCUT2D eigenvalue weighted by Gasteiger charge is 2.08. The van der Waals surface area contributed by atoms with Crippen molar-refractivity contribution in [1.82, 2.24) is 0 Å². The maximum Gasteiger partial charge on any atom is 0.335 e. The molecule has 0 aliphatic carbocycles. The second kappa shape index (κ2) is 9.77. The summed E-state index contributed by atoms with van der Waals surface area (Å²) in [6.45, 7) is 0.540. The second-order valence-electron chi connectivity index (χ2n) is 3.18. The molecule has 0 atom stereocenters. The number of nitrogens with two attached hydrogens (primary N) is 4. The van der Waals surface area contributed by atoms with Crippen molar-refractivity contribution in [2.75, 3.05) is 36.2 Å². The molecule has 12 heteroatoms. The first-order valence-corrected chi connectivity index (χ1v) is 10.8. The van der Waals surface area contributed by atoms with Crippen LogP contribution in [0.3, 0.4) is 0 Å². The molecule has 0 aliphatic heterocycles. The first-order chi connectivity index (χ1) is 8.21. The van der Waals surface area contributed by atoms with Gasteiger partial charge >= 0.3 is 15.3 Å². The van der Waals surface area contributed by atoms with E-state index in [1.165, 1.54) is 0 Å². The molecule has 0 aromatic carbocycles. The number of hydrogen-bond donors (Lipinski definition) is 4. The van der Waals surface area contributed by atoms with Gasteiger partial charge in [0.25, 0.3) is 0 Å². The predicted octanol–water partition coefficient (Wildman–Crippen LogP) is 0.537. The summed E-state index contributed by atoms with van der Waals surface area (Å²) in [7, 11) is -6.67. The van der Waals surface area contributed by atoms with E-state index < -0.39 is 15.3 Å². The van der Waals surface area contributed by atoms with Crippen LogP contribution in [0.15, 0.2) is 0 Å². The molecule has 110 valence electrons. The Morgan fingerprint density at radius 3 is 1.33 bits per heavy atom. The highest BCUT2D eigenvalue weighted by molar-refractivity contribution is 8.02. The quantitative estimate of drug-likeness (QED) is 0.309. The maximum atomic E-state index is 10.8. The molecule has 0 spiro atoms. The van der Waals surface area contributed by atoms with Crippen LogP contribution in [0.5, 0.6) is 0 Å². The Hall–Kier alpha value is 0.920. The van der Waals surface area contributed by atoms with Gasteiger partial charge in [0.15, 0.2) is 0 Å². The van der Waals surface area contributed by atoms with E-state index in [1.807, 2.05) is 0 Å². The molecule has 18 heavy (non-hydrogen) atoms. The summed E-state index contributed by atoms with van der Waals surface area (Å²) in [5.74, 6) is 3.15. The van der Waals surface area contributed by atoms with Crippen molar-refractivity contribution in [3.05, 3.63) is 0 Å². The van der Waals surface area contributed by atoms with Gasteiger partial charge in [0, 0.05) is 23.0 Å². The summed E-state index contributed by atoms with van der Waals surface area (Å²) in [4.78, 5) is 0. The van der Waals surface area contributed by atoms with Gasteiger partial charge in [-0.3, -0.25) is 9.13 Å². The molecule has 0 aromatic heterocycles. The Morgan fingerprint density at radius 2 is 1.06 bits per heavy atom. The van der Waals surface area contributed by atoms with Gasteiger partial charge in [-0.2, -0.15) is 23.5 Å². The number of rotatable bonds is 11. The zero-order valence-electron chi connectivity index (χ0n) is 9.90. The molecule has 0 radical (unpaired) electrons. The van der Waals surface area contributed by atoms with Crippen LogP contribution < -0.4 is 22.0 Å². The molecule has 0 rings (SSSR count). The van der Waals surface area contributed by atoms with Crippen molar-refractivity contribution in [2.24, 2.45) is 22.0 Å². The molecule has 0 heterocycles. The molecule has 0 aromatic rings. The molecule has 8 N–H and O–H groups in total. The molecule has 0 aliphatic rings. The SMILES string of the molecule is NP(N)(=O)OCCSCCSCCOP(N)(N)=O. The molecule has 8 nitrogen and oxygen atoms in total. The lowest BCUT2D eigenvalue weighted by Crippen LogP contribution is -2.10. The number of hydrogen-bond acceptors (Lipinski definition) is 6. The van der Waals surface area contributed by atoms with Crippen LogP contribution in [0.2, 0.25) is 0 Å². The van der Waals surface area contributed by atoms with Crippen molar-refractivity contribution < 1.29 is 18.2 Å². The summed E-state index contributed by atoms with van der Waals surface area (Å²) in [6, 6.07) is 0. The summed E-state index contributed by atoms with van der Waals surface area (Å²) in [5, 5.41) is 0. The molecule has 0 unspecified atom stereocenters. The summed E-state index contributed by atoms with van der Waals surface area (Å²) in [6.07, 6.45) is 0. The molecule has 0 saturated heterocycles. The van der Waals surface area contributed by atoms with E-state index in [9.17, 15) is 9.13 Å². The Morgan fingerprint density at radius 1 is 0.722 bits per heavy atom. The third-order valence-electron chi connectivity index (χ3n) is 1.41. The zero-order chi connectivity index (χ0) is 14.1. The minimum absolute atomic E-state index is 0.270. The second-order valence-corrected chi connectivity index (χ2v) is 8.73. The average molecular weight is 338 g/mol. The Kier molecular flexibility index (Phi) is 10.3. The number of thioether (sulfide) groups is 2. The van der Waals surface area contributed by atoms with Gasteiger partial charge in [-0.1, -0.05) is 0 Å². The highest BCUT2D eigenvalue weighted by atomic mass is 32.2. The standard InChI is InChI=1S/C6H20N4O4P2S2/c7-15(8,11)13-1-3-17-5-6-18-4-2-14-16(9,10)12/h1-6H2,(H4,7,8,11)(H4,9,10,12). The van der Waals surface area contributed by atoms with E-state index in [0.717, 1.165) is 11.5 Å². The lowest BCUT2D eigenvalue weighted by atomic mass is 10.9. The first-order valence-electron chi connectivity index (χ1n) is 5.00. The molecule has 0 fully saturated rings. The van der Waals surface area contributed by atoms with Gasteiger partial charge in [0.05, 0.1) is 13.2 Å². The monoisotopic (exact) mass is 338 g/mol. The molecular formula is C6H20N4O4P2S2. The van der Waals surface area contributed by atoms with Gasteiger partial charge in [0.1, 0.15) is 0 Å². The van der Waals surface area contributed by atoms with Gasteiger partial charge < -0.3 is 9.05 Å². The predicted molar refractivity (Wildman–Crippen MR) is 78.5 cm³/mol. The van der Waals surface area contributed by atoms with Crippen LogP contribution in [0.25, 0.3) is 0 Å². The fourth-order valence-corrected chi connectivity index (χ4v) is 3.55. The van der Waals surface area contributed by atoms with Gasteiger partial charge in [-0.15, -0.1) is 0 Å². The third-order valence-corrected chi connectivity index (χ3v) is 4.74. The van der Waals surface area contributed by atoms with E-state index in [0.29, 0.717) is 11.5 Å². The van der Waals surface area contributed by atoms with Crippen LogP contribution in [0.1, 0.15) is 0 Å². The van der Waals surface area contributed by atoms with E-state index >= 15 is 0 Å². The molecular weight excluding hydrogens is 318 g/mol. The van der Waals surface area contributed by atoms with E-state index in [4.69, 9.17) is 31.1 Å². The molecule has 0 amide bonds. The first kappa shape index (κ1) is 18.9. The van der Waals surface area contributed by atoms with E-state index in [1.54, 1.807) is 23.5 Å². The highest BCUT2D eigenvalue weighted by Crippen LogP contribution is 2.27. The molecule has 0 bridgehead atoms. The zero-order valence-corrected chi connectivity index (χ0v) is 13.3. The Balaban J connectivity index is 3.17. The molecule has 0 saturated carbocycles. The van der Waals surface area contributed by atoms with Crippen LogP contribution in [-0.2, 0) is 18.2 Å². The average Bonchev–Trinajstić information content (AvgIpc) is 2.17. The smallest absolute Gasteiger partial charge is 0.306 e. The summed E-state index contributed by atoms with van der Waals surface area (Å²) in [5.41, 5.74) is 20.0. The van der Waals surface area contributed by atoms with E-state index in [2.05, 4.69) is 0 Å². The van der Waals surface area contributed by atoms with Gasteiger partial charge in [0.2, 0.25) is 0 Å². The van der Waals surface area contributed by atoms with Crippen LogP contribution in [0, 0.1) is 0 Å². The Labute approximate surface area is 115 Å². The lowest BCUT2D eigenvalue weighted by Gasteiger charge is -2.08. The van der Waals surface area contributed by atoms with E-state index in [-0.39, 0.29) is 13.2 Å². The topological polar surface area (TPSA) is 157 Å². The fourth-order valence-electron chi connectivity index (χ4n) is 0.800. The van der Waals surface area contributed by atoms with Crippen molar-refractivity contribution in [3.8, 4) is 0 Å². The largest absolute Gasteiger partial charge is 0.335 e. The van der Waals surface area contributed by atoms with Crippen molar-refractivity contribution >= 4 is 38.9 Å². The van der Waals surface area contributed by atoms with Crippen LogP contribution in [0.4, 0.5) is 0 Å². The van der Waals surface area contributed by atoms with Gasteiger partial charge in [-0.25, -0.2) is 22.0 Å². The lowest BCUT2D eigenvalue weighted by molar-refractivity contribution is 0.336. The summed E-state index contributed by atoms with van der Waals surface area (Å²) < 4.78 is 31.0. The fraction of sp³-hybridized carbons (Fsp3) is 1.00. The van der Waals surface area contributed by atoms with Gasteiger partial charge in [-0.05, 0) is 0 Å². The summed E-state index contributed by atoms with van der Waals surface area (Å²) >= 11 is 3.27. The van der Waals surface area contributed by atoms with Crippen molar-refractivity contribution in [3.63, 3.8) is 0 Å². The van der Waals surface area contributed by atoms with Crippen LogP contribution >= 0.6 is 38.9 Å². The van der Waals surface area contributed by atoms with Crippen LogP contribution in [-0.4, -0.2) is 36.2 Å². The van der Waals surface area contributed by atoms with Crippen molar-refractivity contribution in [2.45, 2.75) is 0 Å². The maximum absolute atomic E-state index is 10.8. The Bertz CT molecular complexity index is 280. The normalized spacial score (nSPS) is 12.9. The van der Waals surface area contributed by atoms with Crippen molar-refractivity contribution in [1.29, 1.82) is 0 Å².